The number of carbonyl (C=O) groups excluding carboxylic acids is 1. The molecule has 4 rings (SSSR count). The van der Waals surface area contributed by atoms with Gasteiger partial charge >= 0.3 is 0 Å². The summed E-state index contributed by atoms with van der Waals surface area (Å²) in [6.45, 7) is 3.14. The fraction of sp³-hybridized carbons (Fsp3) is 0.650. The Morgan fingerprint density at radius 2 is 1.48 bits per heavy atom. The minimum absolute atomic E-state index is 0.121. The van der Waals surface area contributed by atoms with Gasteiger partial charge in [-0.3, -0.25) is 4.79 Å². The van der Waals surface area contributed by atoms with Crippen molar-refractivity contribution in [3.05, 3.63) is 17.7 Å². The standard InChI is InChI=1S/C20H29NO4/c1-23-18-10-16(11-19(24-2)20(18)25-3)17(22)8-9-21-12-14-4-5-15(13-21)7-6-14/h10-11,14-15H,4-9,12-13H2,1-3H3. The number of carbonyl (C=O) groups is 1. The minimum atomic E-state index is 0.121. The summed E-state index contributed by atoms with van der Waals surface area (Å²) in [5.41, 5.74) is 0.618. The first-order valence-electron chi connectivity index (χ1n) is 9.20. The van der Waals surface area contributed by atoms with Gasteiger partial charge in [0, 0.05) is 31.6 Å². The Morgan fingerprint density at radius 3 is 1.92 bits per heavy atom. The first-order chi connectivity index (χ1) is 12.1. The number of benzene rings is 1. The molecule has 138 valence electrons. The van der Waals surface area contributed by atoms with Crippen LogP contribution in [0.25, 0.3) is 0 Å². The van der Waals surface area contributed by atoms with E-state index in [0.717, 1.165) is 31.5 Å². The van der Waals surface area contributed by atoms with E-state index in [9.17, 15) is 4.79 Å². The molecule has 0 atom stereocenters. The van der Waals surface area contributed by atoms with Crippen LogP contribution in [0.3, 0.4) is 0 Å². The van der Waals surface area contributed by atoms with Gasteiger partial charge in [-0.15, -0.1) is 0 Å². The van der Waals surface area contributed by atoms with Crippen LogP contribution in [0.1, 0.15) is 42.5 Å². The summed E-state index contributed by atoms with van der Waals surface area (Å²) in [5.74, 6) is 3.35. The van der Waals surface area contributed by atoms with Crippen LogP contribution in [0, 0.1) is 11.8 Å². The van der Waals surface area contributed by atoms with Gasteiger partial charge in [0.15, 0.2) is 17.3 Å². The summed E-state index contributed by atoms with van der Waals surface area (Å²) in [6, 6.07) is 3.49. The molecule has 2 bridgehead atoms. The average Bonchev–Trinajstić information content (AvgIpc) is 2.97. The number of ether oxygens (including phenoxy) is 3. The zero-order chi connectivity index (χ0) is 17.8. The molecule has 0 spiro atoms. The van der Waals surface area contributed by atoms with Crippen molar-refractivity contribution in [1.29, 1.82) is 0 Å². The lowest BCUT2D eigenvalue weighted by Gasteiger charge is -2.22. The second-order valence-electron chi connectivity index (χ2n) is 7.23. The third-order valence-corrected chi connectivity index (χ3v) is 5.64. The Balaban J connectivity index is 1.66. The molecule has 0 unspecified atom stereocenters. The molecule has 0 aromatic heterocycles. The quantitative estimate of drug-likeness (QED) is 0.708. The van der Waals surface area contributed by atoms with Crippen molar-refractivity contribution < 1.29 is 19.0 Å². The van der Waals surface area contributed by atoms with Gasteiger partial charge in [0.05, 0.1) is 21.3 Å². The Hall–Kier alpha value is -1.75. The van der Waals surface area contributed by atoms with Gasteiger partial charge in [-0.1, -0.05) is 0 Å². The van der Waals surface area contributed by atoms with Crippen molar-refractivity contribution in [3.63, 3.8) is 0 Å². The fourth-order valence-corrected chi connectivity index (χ4v) is 4.23. The van der Waals surface area contributed by atoms with Crippen molar-refractivity contribution >= 4 is 5.78 Å². The lowest BCUT2D eigenvalue weighted by Crippen LogP contribution is -2.30. The molecule has 5 heteroatoms. The number of hydrogen-bond acceptors (Lipinski definition) is 5. The predicted octanol–water partition coefficient (Wildman–Crippen LogP) is 3.41. The Labute approximate surface area is 150 Å². The molecule has 0 amide bonds. The highest BCUT2D eigenvalue weighted by atomic mass is 16.5. The molecule has 1 saturated carbocycles. The fourth-order valence-electron chi connectivity index (χ4n) is 4.23. The van der Waals surface area contributed by atoms with E-state index < -0.39 is 0 Å². The number of methoxy groups -OCH3 is 3. The van der Waals surface area contributed by atoms with Crippen molar-refractivity contribution in [2.75, 3.05) is 41.0 Å². The second-order valence-corrected chi connectivity index (χ2v) is 7.23. The van der Waals surface area contributed by atoms with Crippen LogP contribution >= 0.6 is 0 Å². The first-order valence-corrected chi connectivity index (χ1v) is 9.20. The van der Waals surface area contributed by atoms with E-state index in [0.29, 0.717) is 29.2 Å². The molecule has 25 heavy (non-hydrogen) atoms. The van der Waals surface area contributed by atoms with E-state index in [-0.39, 0.29) is 5.78 Å². The molecule has 1 aliphatic carbocycles. The predicted molar refractivity (Wildman–Crippen MR) is 96.9 cm³/mol. The highest BCUT2D eigenvalue weighted by Gasteiger charge is 2.29. The van der Waals surface area contributed by atoms with E-state index in [4.69, 9.17) is 14.2 Å². The van der Waals surface area contributed by atoms with Crippen LogP contribution in [-0.4, -0.2) is 51.6 Å². The van der Waals surface area contributed by atoms with Crippen molar-refractivity contribution in [1.82, 2.24) is 4.90 Å². The molecular formula is C20H29NO4. The number of Topliss-reactive ketones (excluding diaryl/α,β-unsaturated/α-hetero) is 1. The summed E-state index contributed by atoms with van der Waals surface area (Å²) in [6.07, 6.45) is 5.98. The maximum absolute atomic E-state index is 12.7. The molecule has 0 radical (unpaired) electrons. The van der Waals surface area contributed by atoms with Crippen molar-refractivity contribution in [2.24, 2.45) is 11.8 Å². The summed E-state index contributed by atoms with van der Waals surface area (Å²) < 4.78 is 16.0. The maximum Gasteiger partial charge on any atom is 0.203 e. The van der Waals surface area contributed by atoms with Crippen LogP contribution in [0.2, 0.25) is 0 Å². The molecule has 1 aromatic rings. The smallest absolute Gasteiger partial charge is 0.203 e. The van der Waals surface area contributed by atoms with Gasteiger partial charge < -0.3 is 19.1 Å². The van der Waals surface area contributed by atoms with Gasteiger partial charge in [0.2, 0.25) is 5.75 Å². The van der Waals surface area contributed by atoms with Crippen molar-refractivity contribution in [3.8, 4) is 17.2 Å². The first kappa shape index (κ1) is 18.1. The topological polar surface area (TPSA) is 48.0 Å². The zero-order valence-electron chi connectivity index (χ0n) is 15.5. The SMILES string of the molecule is COc1cc(C(=O)CCN2CC3CCC(CC3)C2)cc(OC)c1OC. The normalized spacial score (nSPS) is 23.2. The van der Waals surface area contributed by atoms with Crippen LogP contribution in [0.5, 0.6) is 17.2 Å². The molecule has 2 heterocycles. The molecule has 2 saturated heterocycles. The lowest BCUT2D eigenvalue weighted by atomic mass is 9.84. The summed E-state index contributed by atoms with van der Waals surface area (Å²) in [7, 11) is 4.70. The molecule has 5 nitrogen and oxygen atoms in total. The Morgan fingerprint density at radius 1 is 0.960 bits per heavy atom. The van der Waals surface area contributed by atoms with E-state index in [2.05, 4.69) is 4.90 Å². The van der Waals surface area contributed by atoms with Gasteiger partial charge in [-0.2, -0.15) is 0 Å². The Bertz CT molecular complexity index is 569. The number of ketones is 1. The van der Waals surface area contributed by atoms with Crippen LogP contribution in [0.15, 0.2) is 12.1 Å². The van der Waals surface area contributed by atoms with E-state index in [1.54, 1.807) is 33.5 Å². The third kappa shape index (κ3) is 4.09. The molecular weight excluding hydrogens is 318 g/mol. The molecule has 0 N–H and O–H groups in total. The van der Waals surface area contributed by atoms with Gasteiger partial charge in [-0.05, 0) is 49.7 Å². The number of hydrogen-bond donors (Lipinski definition) is 0. The maximum atomic E-state index is 12.7. The lowest BCUT2D eigenvalue weighted by molar-refractivity contribution is 0.0960. The minimum Gasteiger partial charge on any atom is -0.493 e. The van der Waals surface area contributed by atoms with Crippen LogP contribution in [0.4, 0.5) is 0 Å². The van der Waals surface area contributed by atoms with E-state index >= 15 is 0 Å². The number of nitrogens with zero attached hydrogens (tertiary/aromatic N) is 1. The highest BCUT2D eigenvalue weighted by Crippen LogP contribution is 2.38. The number of fused-ring (bicyclic) bond motifs is 4. The zero-order valence-corrected chi connectivity index (χ0v) is 15.5. The molecule has 3 aliphatic rings. The highest BCUT2D eigenvalue weighted by molar-refractivity contribution is 5.97. The van der Waals surface area contributed by atoms with E-state index in [1.807, 2.05) is 0 Å². The van der Waals surface area contributed by atoms with E-state index in [1.165, 1.54) is 25.7 Å². The van der Waals surface area contributed by atoms with Gasteiger partial charge in [0.1, 0.15) is 0 Å². The second kappa shape index (κ2) is 8.09. The van der Waals surface area contributed by atoms with Crippen LogP contribution in [-0.2, 0) is 0 Å². The van der Waals surface area contributed by atoms with Gasteiger partial charge in [0.25, 0.3) is 0 Å². The average molecular weight is 347 g/mol. The molecule has 2 aliphatic heterocycles. The monoisotopic (exact) mass is 347 g/mol. The van der Waals surface area contributed by atoms with Gasteiger partial charge in [-0.25, -0.2) is 0 Å². The Kier molecular flexibility index (Phi) is 5.84. The largest absolute Gasteiger partial charge is 0.493 e. The molecule has 1 aromatic carbocycles. The summed E-state index contributed by atoms with van der Waals surface area (Å²) in [5, 5.41) is 0. The van der Waals surface area contributed by atoms with Crippen LogP contribution < -0.4 is 14.2 Å². The number of rotatable bonds is 7. The van der Waals surface area contributed by atoms with Crippen molar-refractivity contribution in [2.45, 2.75) is 32.1 Å². The molecule has 3 fully saturated rings. The summed E-state index contributed by atoms with van der Waals surface area (Å²) in [4.78, 5) is 15.2. The third-order valence-electron chi connectivity index (χ3n) is 5.64. The summed E-state index contributed by atoms with van der Waals surface area (Å²) >= 11 is 0.